The molecule has 2 fully saturated rings. The Kier molecular flexibility index (Phi) is 14.4. The summed E-state index contributed by atoms with van der Waals surface area (Å²) in [6.45, 7) is 12.7. The van der Waals surface area contributed by atoms with E-state index in [2.05, 4.69) is 20.8 Å². The Hall–Kier alpha value is -5.66. The van der Waals surface area contributed by atoms with Crippen molar-refractivity contribution in [1.29, 1.82) is 0 Å². The lowest BCUT2D eigenvalue weighted by molar-refractivity contribution is -0.911. The molecule has 0 saturated carbocycles. The van der Waals surface area contributed by atoms with E-state index >= 15 is 0 Å². The summed E-state index contributed by atoms with van der Waals surface area (Å²) >= 11 is 2.77. The van der Waals surface area contributed by atoms with Crippen molar-refractivity contribution in [2.45, 2.75) is 84.0 Å². The number of nitrogens with zero attached hydrogens (tertiary/aromatic N) is 4. The molecule has 2 atom stereocenters. The molecule has 63 heavy (non-hydrogen) atoms. The highest BCUT2D eigenvalue weighted by molar-refractivity contribution is 8.00. The van der Waals surface area contributed by atoms with Gasteiger partial charge >= 0.3 is 18.0 Å². The fourth-order valence-electron chi connectivity index (χ4n) is 7.53. The number of urea groups is 1. The predicted molar refractivity (Wildman–Crippen MR) is 236 cm³/mol. The van der Waals surface area contributed by atoms with Crippen LogP contribution in [0.2, 0.25) is 0 Å². The Bertz CT molecular complexity index is 2280. The number of fused-ring (bicyclic) bond motifs is 1. The number of nitrogens with one attached hydrogen (secondary N) is 2. The molecular weight excluding hydrogens is 853 g/mol. The average Bonchev–Trinajstić information content (AvgIpc) is 3.88. The number of quaternary nitrogens is 1. The summed E-state index contributed by atoms with van der Waals surface area (Å²) < 4.78 is 17.2. The molecule has 3 aliphatic heterocycles. The number of phenolic OH excluding ortho intramolecular Hbond substituents is 2. The maximum Gasteiger partial charge on any atom is 0.355 e. The number of Topliss-reactive ketones (excluding diaryl/α,β-unsaturated/α-hetero) is 1. The number of methoxy groups -OCH3 is 1. The van der Waals surface area contributed by atoms with Gasteiger partial charge in [0.15, 0.2) is 23.0 Å². The number of aromatic nitrogens is 1. The third-order valence-electron chi connectivity index (χ3n) is 10.8. The number of thioether (sulfide) groups is 1. The fourth-order valence-corrected chi connectivity index (χ4v) is 9.53. The molecule has 2 saturated heterocycles. The maximum absolute atomic E-state index is 14.3. The third kappa shape index (κ3) is 11.5. The van der Waals surface area contributed by atoms with Gasteiger partial charge in [0, 0.05) is 47.7 Å². The van der Waals surface area contributed by atoms with E-state index < -0.39 is 52.2 Å². The van der Waals surface area contributed by atoms with Gasteiger partial charge in [-0.1, -0.05) is 17.3 Å². The van der Waals surface area contributed by atoms with Crippen LogP contribution in [0.25, 0.3) is 0 Å². The summed E-state index contributed by atoms with van der Waals surface area (Å²) in [4.78, 5) is 79.9. The Balaban J connectivity index is 1.21. The van der Waals surface area contributed by atoms with Crippen molar-refractivity contribution in [1.82, 2.24) is 15.2 Å². The van der Waals surface area contributed by atoms with Crippen LogP contribution >= 0.6 is 23.1 Å². The number of β-lactam (4-membered cyclic amide) rings is 1. The molecule has 4 heterocycles. The molecule has 3 aromatic rings. The van der Waals surface area contributed by atoms with E-state index in [4.69, 9.17) is 19.0 Å². The van der Waals surface area contributed by atoms with Gasteiger partial charge in [-0.25, -0.2) is 19.4 Å². The molecule has 6 rings (SSSR count). The van der Waals surface area contributed by atoms with E-state index in [9.17, 15) is 34.2 Å². The first-order chi connectivity index (χ1) is 29.8. The highest BCUT2D eigenvalue weighted by Crippen LogP contribution is 2.46. The number of ketones is 1. The standard InChI is InChI=1S/C44H54N6O11S2/c1-26-46-32(25-62-26)36(48-61-44(5,6)41(56)60-43(2,3)4)35(53)21-31-38(54)49-37(40(55)59-23-27-10-13-30(58-7)14-11-27)28(24-63-39(31)49)22-50(17-8-9-18-50)19-16-45-42(57)47-29-12-15-33(51)34(52)20-29/h10-15,20,25,31,39H,8-9,16-19,21-24H2,1-7H3,(H3-,45,47,48,51,52,53,57)/p+1. The number of hydrogen-bond donors (Lipinski definition) is 4. The van der Waals surface area contributed by atoms with Crippen LogP contribution in [0.1, 0.15) is 70.1 Å². The summed E-state index contributed by atoms with van der Waals surface area (Å²) in [6, 6.07) is 10.6. The van der Waals surface area contributed by atoms with Crippen molar-refractivity contribution >= 4 is 64.2 Å². The van der Waals surface area contributed by atoms with E-state index in [0.717, 1.165) is 37.1 Å². The van der Waals surface area contributed by atoms with Gasteiger partial charge in [-0.3, -0.25) is 14.5 Å². The lowest BCUT2D eigenvalue weighted by atomic mass is 9.89. The van der Waals surface area contributed by atoms with Gasteiger partial charge < -0.3 is 44.4 Å². The number of aromatic hydroxyl groups is 2. The molecule has 4 N–H and O–H groups in total. The zero-order valence-electron chi connectivity index (χ0n) is 36.5. The second kappa shape index (κ2) is 19.4. The van der Waals surface area contributed by atoms with E-state index in [1.54, 1.807) is 64.5 Å². The number of carbonyl (C=O) groups is 5. The number of carbonyl (C=O) groups excluding carboxylic acids is 5. The molecule has 3 aliphatic rings. The second-order valence-corrected chi connectivity index (χ2v) is 19.4. The number of amides is 3. The van der Waals surface area contributed by atoms with Crippen LogP contribution in [0.3, 0.4) is 0 Å². The lowest BCUT2D eigenvalue weighted by Crippen LogP contribution is -2.63. The molecule has 0 radical (unpaired) electrons. The minimum absolute atomic E-state index is 0.0499. The number of aryl methyl sites for hydroxylation is 1. The molecule has 0 aliphatic carbocycles. The van der Waals surface area contributed by atoms with Gasteiger partial charge in [-0.15, -0.1) is 23.1 Å². The van der Waals surface area contributed by atoms with E-state index in [1.807, 2.05) is 0 Å². The minimum Gasteiger partial charge on any atom is -0.504 e. The second-order valence-electron chi connectivity index (χ2n) is 17.3. The average molecular weight is 908 g/mol. The van der Waals surface area contributed by atoms with Crippen LogP contribution in [0, 0.1) is 12.8 Å². The van der Waals surface area contributed by atoms with Crippen LogP contribution in [0.5, 0.6) is 17.2 Å². The van der Waals surface area contributed by atoms with Gasteiger partial charge in [-0.2, -0.15) is 0 Å². The van der Waals surface area contributed by atoms with Gasteiger partial charge in [0.05, 0.1) is 49.6 Å². The van der Waals surface area contributed by atoms with Crippen LogP contribution < -0.4 is 15.4 Å². The SMILES string of the molecule is COc1ccc(COC(=O)C2=C(C[N+]3(CCNC(=O)Nc4ccc(O)c(O)c4)CCCC3)CSC3C(CC(=O)/C(=N/OC(C)(C)C(=O)OC(C)(C)C)c4csc(C)n4)C(=O)N23)cc1. The number of anilines is 1. The molecule has 19 heteroatoms. The van der Waals surface area contributed by atoms with E-state index in [0.29, 0.717) is 46.3 Å². The van der Waals surface area contributed by atoms with Crippen LogP contribution in [0.4, 0.5) is 10.5 Å². The zero-order chi connectivity index (χ0) is 45.7. The monoisotopic (exact) mass is 907 g/mol. The summed E-state index contributed by atoms with van der Waals surface area (Å²) in [5.41, 5.74) is -0.299. The molecule has 338 valence electrons. The normalized spacial score (nSPS) is 18.6. The quantitative estimate of drug-likeness (QED) is 0.0246. The minimum atomic E-state index is -1.55. The Morgan fingerprint density at radius 1 is 1.02 bits per heavy atom. The number of oxime groups is 1. The van der Waals surface area contributed by atoms with Crippen molar-refractivity contribution in [3.8, 4) is 17.2 Å². The van der Waals surface area contributed by atoms with E-state index in [1.165, 1.54) is 60.0 Å². The predicted octanol–water partition coefficient (Wildman–Crippen LogP) is 5.63. The molecule has 0 bridgehead atoms. The summed E-state index contributed by atoms with van der Waals surface area (Å²) in [6.07, 6.45) is 1.62. The Morgan fingerprint density at radius 3 is 2.37 bits per heavy atom. The summed E-state index contributed by atoms with van der Waals surface area (Å²) in [5, 5.41) is 30.9. The first kappa shape index (κ1) is 46.8. The largest absolute Gasteiger partial charge is 0.504 e. The third-order valence-corrected chi connectivity index (χ3v) is 13.0. The zero-order valence-corrected chi connectivity index (χ0v) is 38.2. The van der Waals surface area contributed by atoms with Gasteiger partial charge in [0.25, 0.3) is 0 Å². The lowest BCUT2D eigenvalue weighted by Gasteiger charge is -2.50. The first-order valence-electron chi connectivity index (χ1n) is 20.6. The number of likely N-dealkylation sites (tertiary alicyclic amines) is 1. The number of thiazole rings is 1. The van der Waals surface area contributed by atoms with Crippen molar-refractivity contribution in [3.63, 3.8) is 0 Å². The van der Waals surface area contributed by atoms with Gasteiger partial charge in [0.2, 0.25) is 11.5 Å². The van der Waals surface area contributed by atoms with Crippen LogP contribution in [0.15, 0.2) is 64.3 Å². The molecule has 1 aromatic heterocycles. The number of ether oxygens (including phenoxy) is 3. The highest BCUT2D eigenvalue weighted by atomic mass is 32.2. The fraction of sp³-hybridized carbons (Fsp3) is 0.477. The summed E-state index contributed by atoms with van der Waals surface area (Å²) in [5.74, 6) is -2.68. The van der Waals surface area contributed by atoms with Gasteiger partial charge in [-0.05, 0) is 71.4 Å². The van der Waals surface area contributed by atoms with Gasteiger partial charge in [0.1, 0.15) is 35.9 Å². The molecule has 17 nitrogen and oxygen atoms in total. The molecule has 3 amide bonds. The maximum atomic E-state index is 14.3. The molecule has 2 aromatic carbocycles. The van der Waals surface area contributed by atoms with Crippen molar-refractivity contribution < 1.29 is 57.7 Å². The summed E-state index contributed by atoms with van der Waals surface area (Å²) in [7, 11) is 1.56. The van der Waals surface area contributed by atoms with Crippen LogP contribution in [-0.4, -0.2) is 122 Å². The van der Waals surface area contributed by atoms with Crippen molar-refractivity contribution in [2.75, 3.05) is 50.9 Å². The molecule has 0 spiro atoms. The molecule has 2 unspecified atom stereocenters. The number of benzene rings is 2. The number of phenols is 2. The highest BCUT2D eigenvalue weighted by Gasteiger charge is 2.55. The van der Waals surface area contributed by atoms with E-state index in [-0.39, 0.29) is 41.6 Å². The number of rotatable bonds is 17. The van der Waals surface area contributed by atoms with Crippen molar-refractivity contribution in [2.24, 2.45) is 11.1 Å². The number of esters is 2. The van der Waals surface area contributed by atoms with Crippen molar-refractivity contribution in [3.05, 3.63) is 75.4 Å². The Morgan fingerprint density at radius 2 is 1.73 bits per heavy atom. The molecular formula is C44H55N6O11S2+. The first-order valence-corrected chi connectivity index (χ1v) is 22.5. The topological polar surface area (TPSA) is 215 Å². The smallest absolute Gasteiger partial charge is 0.355 e. The Labute approximate surface area is 374 Å². The number of hydrogen-bond acceptors (Lipinski definition) is 15. The van der Waals surface area contributed by atoms with Crippen LogP contribution in [-0.2, 0) is 40.1 Å².